The van der Waals surface area contributed by atoms with Gasteiger partial charge in [-0.05, 0) is 31.0 Å². The molecule has 0 heterocycles. The molecule has 1 atom stereocenters. The van der Waals surface area contributed by atoms with Gasteiger partial charge in [0.25, 0.3) is 5.69 Å². The van der Waals surface area contributed by atoms with Crippen molar-refractivity contribution in [2.24, 2.45) is 0 Å². The highest BCUT2D eigenvalue weighted by atomic mass is 19.1. The summed E-state index contributed by atoms with van der Waals surface area (Å²) in [7, 11) is 0. The maximum Gasteiger partial charge on any atom is 0.272 e. The van der Waals surface area contributed by atoms with Gasteiger partial charge in [-0.1, -0.05) is 20.3 Å². The zero-order valence-corrected chi connectivity index (χ0v) is 10.8. The summed E-state index contributed by atoms with van der Waals surface area (Å²) >= 11 is 0. The molecule has 1 N–H and O–H groups in total. The molecule has 0 saturated heterocycles. The number of rotatable bonds is 7. The predicted molar refractivity (Wildman–Crippen MR) is 69.1 cm³/mol. The second kappa shape index (κ2) is 7.06. The number of non-ortho nitro benzene ring substituents is 1. The molecule has 0 amide bonds. The molecule has 0 radical (unpaired) electrons. The summed E-state index contributed by atoms with van der Waals surface area (Å²) in [6, 6.07) is 4.07. The highest BCUT2D eigenvalue weighted by Gasteiger charge is 2.14. The van der Waals surface area contributed by atoms with Crippen molar-refractivity contribution in [1.82, 2.24) is 5.32 Å². The average molecular weight is 254 g/mol. The lowest BCUT2D eigenvalue weighted by molar-refractivity contribution is -0.385. The summed E-state index contributed by atoms with van der Waals surface area (Å²) < 4.78 is 13.7. The third kappa shape index (κ3) is 4.07. The SMILES string of the molecule is CCCC(Cc1ccc([N+](=O)[O-])cc1F)NCC. The van der Waals surface area contributed by atoms with Gasteiger partial charge in [-0.25, -0.2) is 4.39 Å². The molecule has 1 unspecified atom stereocenters. The van der Waals surface area contributed by atoms with Crippen LogP contribution in [0.15, 0.2) is 18.2 Å². The first-order valence-electron chi connectivity index (χ1n) is 6.24. The molecule has 0 aromatic heterocycles. The van der Waals surface area contributed by atoms with Crippen molar-refractivity contribution in [3.63, 3.8) is 0 Å². The molecule has 5 heteroatoms. The van der Waals surface area contributed by atoms with Crippen molar-refractivity contribution in [2.45, 2.75) is 39.2 Å². The third-order valence-electron chi connectivity index (χ3n) is 2.84. The van der Waals surface area contributed by atoms with Crippen molar-refractivity contribution >= 4 is 5.69 Å². The summed E-state index contributed by atoms with van der Waals surface area (Å²) in [5, 5.41) is 13.8. The Morgan fingerprint density at radius 1 is 1.44 bits per heavy atom. The van der Waals surface area contributed by atoms with Crippen molar-refractivity contribution in [3.8, 4) is 0 Å². The van der Waals surface area contributed by atoms with Gasteiger partial charge >= 0.3 is 0 Å². The summed E-state index contributed by atoms with van der Waals surface area (Å²) in [6.07, 6.45) is 2.54. The molecule has 0 saturated carbocycles. The number of nitro groups is 1. The Morgan fingerprint density at radius 3 is 2.67 bits per heavy atom. The van der Waals surface area contributed by atoms with Gasteiger partial charge in [0.1, 0.15) is 5.82 Å². The van der Waals surface area contributed by atoms with Crippen LogP contribution < -0.4 is 5.32 Å². The number of nitrogens with zero attached hydrogens (tertiary/aromatic N) is 1. The zero-order valence-electron chi connectivity index (χ0n) is 10.8. The topological polar surface area (TPSA) is 55.2 Å². The molecule has 0 spiro atoms. The maximum absolute atomic E-state index is 13.7. The number of nitrogens with one attached hydrogen (secondary N) is 1. The number of hydrogen-bond acceptors (Lipinski definition) is 3. The van der Waals surface area contributed by atoms with E-state index in [1.54, 1.807) is 0 Å². The van der Waals surface area contributed by atoms with Crippen LogP contribution in [-0.2, 0) is 6.42 Å². The lowest BCUT2D eigenvalue weighted by Gasteiger charge is -2.17. The van der Waals surface area contributed by atoms with E-state index in [9.17, 15) is 14.5 Å². The second-order valence-corrected chi connectivity index (χ2v) is 4.28. The maximum atomic E-state index is 13.7. The van der Waals surface area contributed by atoms with Gasteiger partial charge in [0, 0.05) is 12.1 Å². The Bertz CT molecular complexity index is 404. The third-order valence-corrected chi connectivity index (χ3v) is 2.84. The minimum Gasteiger partial charge on any atom is -0.314 e. The molecule has 18 heavy (non-hydrogen) atoms. The first-order chi connectivity index (χ1) is 8.58. The van der Waals surface area contributed by atoms with Crippen LogP contribution in [0.5, 0.6) is 0 Å². The van der Waals surface area contributed by atoms with E-state index in [1.807, 2.05) is 6.92 Å². The Morgan fingerprint density at radius 2 is 2.17 bits per heavy atom. The van der Waals surface area contributed by atoms with E-state index in [1.165, 1.54) is 12.1 Å². The molecule has 0 aliphatic heterocycles. The minimum absolute atomic E-state index is 0.202. The van der Waals surface area contributed by atoms with Crippen LogP contribution in [0.25, 0.3) is 0 Å². The van der Waals surface area contributed by atoms with Gasteiger partial charge in [0.05, 0.1) is 11.0 Å². The van der Waals surface area contributed by atoms with E-state index in [0.717, 1.165) is 25.5 Å². The number of nitro benzene ring substituents is 1. The monoisotopic (exact) mass is 254 g/mol. The molecule has 0 bridgehead atoms. The van der Waals surface area contributed by atoms with Gasteiger partial charge in [0.15, 0.2) is 0 Å². The normalized spacial score (nSPS) is 12.4. The number of likely N-dealkylation sites (N-methyl/N-ethyl adjacent to an activating group) is 1. The average Bonchev–Trinajstić information content (AvgIpc) is 2.32. The van der Waals surface area contributed by atoms with Gasteiger partial charge < -0.3 is 5.32 Å². The lowest BCUT2D eigenvalue weighted by Crippen LogP contribution is -2.31. The van der Waals surface area contributed by atoms with Crippen molar-refractivity contribution in [2.75, 3.05) is 6.54 Å². The fourth-order valence-corrected chi connectivity index (χ4v) is 1.99. The van der Waals surface area contributed by atoms with Gasteiger partial charge in [-0.2, -0.15) is 0 Å². The smallest absolute Gasteiger partial charge is 0.272 e. The van der Waals surface area contributed by atoms with Crippen molar-refractivity contribution in [3.05, 3.63) is 39.7 Å². The second-order valence-electron chi connectivity index (χ2n) is 4.28. The molecule has 1 aromatic carbocycles. The van der Waals surface area contributed by atoms with E-state index >= 15 is 0 Å². The molecule has 4 nitrogen and oxygen atoms in total. The van der Waals surface area contributed by atoms with Gasteiger partial charge in [-0.3, -0.25) is 10.1 Å². The molecule has 0 fully saturated rings. The number of benzene rings is 1. The van der Waals surface area contributed by atoms with Crippen LogP contribution in [0.2, 0.25) is 0 Å². The molecule has 0 aliphatic rings. The van der Waals surface area contributed by atoms with E-state index < -0.39 is 10.7 Å². The lowest BCUT2D eigenvalue weighted by atomic mass is 10.0. The molecular weight excluding hydrogens is 235 g/mol. The largest absolute Gasteiger partial charge is 0.314 e. The number of hydrogen-bond donors (Lipinski definition) is 1. The summed E-state index contributed by atoms with van der Waals surface area (Å²) in [4.78, 5) is 9.94. The molecular formula is C13H19FN2O2. The Kier molecular flexibility index (Phi) is 5.71. The van der Waals surface area contributed by atoms with E-state index in [4.69, 9.17) is 0 Å². The van der Waals surface area contributed by atoms with E-state index in [2.05, 4.69) is 12.2 Å². The zero-order chi connectivity index (χ0) is 13.5. The first-order valence-corrected chi connectivity index (χ1v) is 6.24. The van der Waals surface area contributed by atoms with Crippen LogP contribution in [0.1, 0.15) is 32.3 Å². The van der Waals surface area contributed by atoms with E-state index in [-0.39, 0.29) is 11.7 Å². The summed E-state index contributed by atoms with van der Waals surface area (Å²) in [5.74, 6) is -0.497. The molecule has 1 aromatic rings. The first kappa shape index (κ1) is 14.6. The fourth-order valence-electron chi connectivity index (χ4n) is 1.99. The summed E-state index contributed by atoms with van der Waals surface area (Å²) in [5.41, 5.74) is 0.326. The number of halogens is 1. The Hall–Kier alpha value is -1.49. The van der Waals surface area contributed by atoms with Crippen LogP contribution in [0, 0.1) is 15.9 Å². The Balaban J connectivity index is 2.79. The van der Waals surface area contributed by atoms with Crippen LogP contribution >= 0.6 is 0 Å². The van der Waals surface area contributed by atoms with Gasteiger partial charge in [-0.15, -0.1) is 0 Å². The highest BCUT2D eigenvalue weighted by Crippen LogP contribution is 2.18. The summed E-state index contributed by atoms with van der Waals surface area (Å²) in [6.45, 7) is 4.92. The fraction of sp³-hybridized carbons (Fsp3) is 0.538. The van der Waals surface area contributed by atoms with E-state index in [0.29, 0.717) is 12.0 Å². The van der Waals surface area contributed by atoms with Crippen molar-refractivity contribution < 1.29 is 9.31 Å². The highest BCUT2D eigenvalue weighted by molar-refractivity contribution is 5.34. The molecule has 100 valence electrons. The minimum atomic E-state index is -0.583. The van der Waals surface area contributed by atoms with Crippen LogP contribution in [-0.4, -0.2) is 17.5 Å². The molecule has 0 aliphatic carbocycles. The van der Waals surface area contributed by atoms with Crippen molar-refractivity contribution in [1.29, 1.82) is 0 Å². The predicted octanol–water partition coefficient (Wildman–Crippen LogP) is 3.05. The molecule has 1 rings (SSSR count). The van der Waals surface area contributed by atoms with Crippen LogP contribution in [0.4, 0.5) is 10.1 Å². The Labute approximate surface area is 106 Å². The van der Waals surface area contributed by atoms with Crippen LogP contribution in [0.3, 0.4) is 0 Å². The quantitative estimate of drug-likeness (QED) is 0.601. The standard InChI is InChI=1S/C13H19FN2O2/c1-3-5-11(15-4-2)8-10-6-7-12(16(17)18)9-13(10)14/h6-7,9,11,15H,3-5,8H2,1-2H3. The van der Waals surface area contributed by atoms with Gasteiger partial charge in [0.2, 0.25) is 0 Å².